The Kier molecular flexibility index (Phi) is 4.83. The van der Waals surface area contributed by atoms with Crippen LogP contribution in [0.25, 0.3) is 10.9 Å². The number of nitrogens with one attached hydrogen (secondary N) is 2. The second-order valence-corrected chi connectivity index (χ2v) is 7.24. The molecule has 1 aliphatic carbocycles. The first kappa shape index (κ1) is 18.5. The SMILES string of the molecule is C[C@@H](Nc1nc(NCc2cccc(C(F)(F)F)c2)nc2ccccc12)C1CC1. The van der Waals surface area contributed by atoms with Gasteiger partial charge in [0.2, 0.25) is 5.95 Å². The van der Waals surface area contributed by atoms with Gasteiger partial charge in [0.1, 0.15) is 5.82 Å². The molecule has 0 aliphatic heterocycles. The van der Waals surface area contributed by atoms with Crippen molar-refractivity contribution in [1.29, 1.82) is 0 Å². The van der Waals surface area contributed by atoms with Gasteiger partial charge < -0.3 is 10.6 Å². The molecular formula is C21H21F3N4. The zero-order chi connectivity index (χ0) is 19.7. The number of hydrogen-bond donors (Lipinski definition) is 2. The molecule has 3 aromatic rings. The van der Waals surface area contributed by atoms with Crippen molar-refractivity contribution < 1.29 is 13.2 Å². The molecule has 1 saturated carbocycles. The first-order valence-electron chi connectivity index (χ1n) is 9.33. The number of aromatic nitrogens is 2. The maximum Gasteiger partial charge on any atom is 0.416 e. The second kappa shape index (κ2) is 7.30. The molecule has 7 heteroatoms. The topological polar surface area (TPSA) is 49.8 Å². The maximum atomic E-state index is 12.9. The molecule has 0 amide bonds. The highest BCUT2D eigenvalue weighted by atomic mass is 19.4. The van der Waals surface area contributed by atoms with Crippen LogP contribution in [0.15, 0.2) is 48.5 Å². The van der Waals surface area contributed by atoms with Crippen LogP contribution >= 0.6 is 0 Å². The van der Waals surface area contributed by atoms with Crippen molar-refractivity contribution in [1.82, 2.24) is 9.97 Å². The van der Waals surface area contributed by atoms with Gasteiger partial charge in [-0.05, 0) is 55.5 Å². The minimum atomic E-state index is -4.36. The van der Waals surface area contributed by atoms with E-state index < -0.39 is 11.7 Å². The number of fused-ring (bicyclic) bond motifs is 1. The van der Waals surface area contributed by atoms with Crippen LogP contribution in [0, 0.1) is 5.92 Å². The Labute approximate surface area is 161 Å². The van der Waals surface area contributed by atoms with E-state index in [-0.39, 0.29) is 6.54 Å². The lowest BCUT2D eigenvalue weighted by atomic mass is 10.1. The van der Waals surface area contributed by atoms with E-state index in [0.29, 0.717) is 23.5 Å². The molecule has 1 aliphatic rings. The summed E-state index contributed by atoms with van der Waals surface area (Å²) in [5.74, 6) is 1.80. The molecule has 4 nitrogen and oxygen atoms in total. The lowest BCUT2D eigenvalue weighted by Gasteiger charge is -2.16. The Hall–Kier alpha value is -2.83. The Balaban J connectivity index is 1.57. The van der Waals surface area contributed by atoms with Gasteiger partial charge in [-0.25, -0.2) is 4.98 Å². The number of alkyl halides is 3. The first-order chi connectivity index (χ1) is 13.4. The van der Waals surface area contributed by atoms with E-state index in [1.807, 2.05) is 24.3 Å². The summed E-state index contributed by atoms with van der Waals surface area (Å²) in [6.45, 7) is 2.35. The van der Waals surface area contributed by atoms with Crippen LogP contribution in [-0.4, -0.2) is 16.0 Å². The molecule has 146 valence electrons. The monoisotopic (exact) mass is 386 g/mol. The molecule has 0 spiro atoms. The Morgan fingerprint density at radius 1 is 1.07 bits per heavy atom. The number of benzene rings is 2. The summed E-state index contributed by atoms with van der Waals surface area (Å²) in [5.41, 5.74) is 0.647. The molecule has 1 atom stereocenters. The summed E-state index contributed by atoms with van der Waals surface area (Å²) < 4.78 is 38.7. The molecule has 28 heavy (non-hydrogen) atoms. The number of nitrogens with zero attached hydrogens (tertiary/aromatic N) is 2. The number of anilines is 2. The third-order valence-corrected chi connectivity index (χ3v) is 5.00. The van der Waals surface area contributed by atoms with E-state index in [2.05, 4.69) is 27.5 Å². The van der Waals surface area contributed by atoms with Gasteiger partial charge in [0.05, 0.1) is 11.1 Å². The molecule has 1 fully saturated rings. The van der Waals surface area contributed by atoms with E-state index in [0.717, 1.165) is 28.9 Å². The zero-order valence-electron chi connectivity index (χ0n) is 15.4. The predicted molar refractivity (Wildman–Crippen MR) is 104 cm³/mol. The minimum Gasteiger partial charge on any atom is -0.367 e. The van der Waals surface area contributed by atoms with Gasteiger partial charge in [-0.1, -0.05) is 24.3 Å². The third-order valence-electron chi connectivity index (χ3n) is 5.00. The summed E-state index contributed by atoms with van der Waals surface area (Å²) >= 11 is 0. The standard InChI is InChI=1S/C21H21F3N4/c1-13(15-9-10-15)26-19-17-7-2-3-8-18(17)27-20(28-19)25-12-14-5-4-6-16(11-14)21(22,23)24/h2-8,11,13,15H,9-10,12H2,1H3,(H2,25,26,27,28)/t13-/m1/s1. The largest absolute Gasteiger partial charge is 0.416 e. The Bertz CT molecular complexity index is 983. The highest BCUT2D eigenvalue weighted by Gasteiger charge is 2.30. The van der Waals surface area contributed by atoms with Crippen molar-refractivity contribution in [2.24, 2.45) is 5.92 Å². The Morgan fingerprint density at radius 2 is 1.86 bits per heavy atom. The van der Waals surface area contributed by atoms with Crippen LogP contribution in [0.2, 0.25) is 0 Å². The summed E-state index contributed by atoms with van der Waals surface area (Å²) in [5, 5.41) is 7.47. The minimum absolute atomic E-state index is 0.208. The number of halogens is 3. The highest BCUT2D eigenvalue weighted by Crippen LogP contribution is 2.35. The zero-order valence-corrected chi connectivity index (χ0v) is 15.4. The van der Waals surface area contributed by atoms with E-state index in [9.17, 15) is 13.2 Å². The van der Waals surface area contributed by atoms with Crippen molar-refractivity contribution in [2.75, 3.05) is 10.6 Å². The summed E-state index contributed by atoms with van der Waals surface area (Å²) in [7, 11) is 0. The van der Waals surface area contributed by atoms with Crippen LogP contribution < -0.4 is 10.6 Å². The average molecular weight is 386 g/mol. The first-order valence-corrected chi connectivity index (χ1v) is 9.33. The van der Waals surface area contributed by atoms with E-state index in [1.165, 1.54) is 18.9 Å². The molecule has 2 N–H and O–H groups in total. The molecule has 0 radical (unpaired) electrons. The van der Waals surface area contributed by atoms with Crippen molar-refractivity contribution in [2.45, 2.75) is 38.5 Å². The van der Waals surface area contributed by atoms with Crippen molar-refractivity contribution in [3.8, 4) is 0 Å². The van der Waals surface area contributed by atoms with Crippen LogP contribution in [0.4, 0.5) is 24.9 Å². The summed E-state index contributed by atoms with van der Waals surface area (Å²) in [4.78, 5) is 9.09. The van der Waals surface area contributed by atoms with Crippen molar-refractivity contribution in [3.63, 3.8) is 0 Å². The number of para-hydroxylation sites is 1. The molecule has 1 heterocycles. The molecule has 0 bridgehead atoms. The molecule has 0 unspecified atom stereocenters. The lowest BCUT2D eigenvalue weighted by molar-refractivity contribution is -0.137. The third kappa shape index (κ3) is 4.18. The van der Waals surface area contributed by atoms with E-state index in [1.54, 1.807) is 6.07 Å². The maximum absolute atomic E-state index is 12.9. The average Bonchev–Trinajstić information content (AvgIpc) is 3.51. The van der Waals surface area contributed by atoms with Gasteiger partial charge in [0.25, 0.3) is 0 Å². The summed E-state index contributed by atoms with van der Waals surface area (Å²) in [6.07, 6.45) is -1.92. The normalized spacial score (nSPS) is 15.4. The van der Waals surface area contributed by atoms with Crippen LogP contribution in [0.1, 0.15) is 30.9 Å². The van der Waals surface area contributed by atoms with Crippen LogP contribution in [0.3, 0.4) is 0 Å². The van der Waals surface area contributed by atoms with Crippen LogP contribution in [-0.2, 0) is 12.7 Å². The fourth-order valence-electron chi connectivity index (χ4n) is 3.23. The van der Waals surface area contributed by atoms with Gasteiger partial charge in [0, 0.05) is 18.0 Å². The van der Waals surface area contributed by atoms with Crippen molar-refractivity contribution in [3.05, 3.63) is 59.7 Å². The second-order valence-electron chi connectivity index (χ2n) is 7.24. The quantitative estimate of drug-likeness (QED) is 0.590. The van der Waals surface area contributed by atoms with Crippen LogP contribution in [0.5, 0.6) is 0 Å². The smallest absolute Gasteiger partial charge is 0.367 e. The molecular weight excluding hydrogens is 365 g/mol. The molecule has 1 aromatic heterocycles. The number of hydrogen-bond acceptors (Lipinski definition) is 4. The molecule has 0 saturated heterocycles. The van der Waals surface area contributed by atoms with Crippen molar-refractivity contribution >= 4 is 22.7 Å². The van der Waals surface area contributed by atoms with Gasteiger partial charge in [-0.2, -0.15) is 18.2 Å². The highest BCUT2D eigenvalue weighted by molar-refractivity contribution is 5.90. The fraction of sp³-hybridized carbons (Fsp3) is 0.333. The molecule has 4 rings (SSSR count). The van der Waals surface area contributed by atoms with E-state index >= 15 is 0 Å². The van der Waals surface area contributed by atoms with Gasteiger partial charge in [-0.15, -0.1) is 0 Å². The fourth-order valence-corrected chi connectivity index (χ4v) is 3.23. The summed E-state index contributed by atoms with van der Waals surface area (Å²) in [6, 6.07) is 13.3. The van der Waals surface area contributed by atoms with Gasteiger partial charge >= 0.3 is 6.18 Å². The number of rotatable bonds is 6. The predicted octanol–water partition coefficient (Wildman–Crippen LogP) is 5.47. The van der Waals surface area contributed by atoms with Gasteiger partial charge in [0.15, 0.2) is 0 Å². The van der Waals surface area contributed by atoms with Gasteiger partial charge in [-0.3, -0.25) is 0 Å². The lowest BCUT2D eigenvalue weighted by Crippen LogP contribution is -2.19. The Morgan fingerprint density at radius 3 is 2.61 bits per heavy atom. The van der Waals surface area contributed by atoms with E-state index in [4.69, 9.17) is 0 Å². The molecule has 2 aromatic carbocycles.